The molecule has 0 N–H and O–H groups in total. The van der Waals surface area contributed by atoms with E-state index in [1.807, 2.05) is 6.92 Å². The van der Waals surface area contributed by atoms with Gasteiger partial charge in [0.1, 0.15) is 5.75 Å². The molecular formula is C9H10ClNO2. The maximum atomic E-state index is 11.0. The van der Waals surface area contributed by atoms with Crippen molar-refractivity contribution in [1.82, 2.24) is 4.98 Å². The normalized spacial score (nSPS) is 9.77. The molecule has 1 heterocycles. The molecule has 1 rings (SSSR count). The van der Waals surface area contributed by atoms with E-state index in [4.69, 9.17) is 16.3 Å². The lowest BCUT2D eigenvalue weighted by atomic mass is 10.2. The molecule has 0 radical (unpaired) electrons. The van der Waals surface area contributed by atoms with Crippen molar-refractivity contribution < 1.29 is 9.53 Å². The van der Waals surface area contributed by atoms with Crippen molar-refractivity contribution in [3.8, 4) is 5.75 Å². The molecule has 1 aromatic heterocycles. The number of carbonyl (C=O) groups excluding carboxylic acids is 1. The van der Waals surface area contributed by atoms with Gasteiger partial charge in [-0.3, -0.25) is 9.78 Å². The summed E-state index contributed by atoms with van der Waals surface area (Å²) in [7, 11) is 1.48. The quantitative estimate of drug-likeness (QED) is 0.700. The van der Waals surface area contributed by atoms with Crippen LogP contribution in [0.25, 0.3) is 0 Å². The zero-order valence-corrected chi connectivity index (χ0v) is 8.26. The highest BCUT2D eigenvalue weighted by molar-refractivity contribution is 6.68. The average molecular weight is 200 g/mol. The number of hydrogen-bond donors (Lipinski definition) is 0. The molecule has 0 aliphatic heterocycles. The largest absolute Gasteiger partial charge is 0.494 e. The number of halogens is 1. The number of methoxy groups -OCH3 is 1. The summed E-state index contributed by atoms with van der Waals surface area (Å²) in [5.41, 5.74) is 1.20. The molecule has 0 bridgehead atoms. The van der Waals surface area contributed by atoms with Crippen molar-refractivity contribution in [3.05, 3.63) is 23.5 Å². The van der Waals surface area contributed by atoms with Gasteiger partial charge in [-0.2, -0.15) is 0 Å². The van der Waals surface area contributed by atoms with Gasteiger partial charge < -0.3 is 4.74 Å². The summed E-state index contributed by atoms with van der Waals surface area (Å²) in [6, 6.07) is 1.65. The van der Waals surface area contributed by atoms with Crippen LogP contribution >= 0.6 is 11.6 Å². The molecule has 0 aliphatic rings. The van der Waals surface area contributed by atoms with Gasteiger partial charge in [-0.25, -0.2) is 0 Å². The third kappa shape index (κ3) is 2.18. The van der Waals surface area contributed by atoms with E-state index < -0.39 is 5.24 Å². The molecule has 0 saturated carbocycles. The smallest absolute Gasteiger partial charge is 0.256 e. The number of aromatic nitrogens is 1. The van der Waals surface area contributed by atoms with Gasteiger partial charge in [0.2, 0.25) is 0 Å². The first kappa shape index (κ1) is 9.99. The van der Waals surface area contributed by atoms with Gasteiger partial charge in [0.25, 0.3) is 5.24 Å². The minimum atomic E-state index is -0.519. The maximum Gasteiger partial charge on any atom is 0.256 e. The third-order valence-corrected chi connectivity index (χ3v) is 1.92. The minimum absolute atomic E-state index is 0.371. The fraction of sp³-hybridized carbons (Fsp3) is 0.333. The van der Waals surface area contributed by atoms with Crippen LogP contribution in [0.5, 0.6) is 5.75 Å². The van der Waals surface area contributed by atoms with Crippen LogP contribution in [-0.4, -0.2) is 17.3 Å². The fourth-order valence-corrected chi connectivity index (χ4v) is 1.14. The van der Waals surface area contributed by atoms with Crippen LogP contribution in [0, 0.1) is 0 Å². The van der Waals surface area contributed by atoms with Gasteiger partial charge in [-0.05, 0) is 24.1 Å². The zero-order valence-electron chi connectivity index (χ0n) is 7.50. The summed E-state index contributed by atoms with van der Waals surface area (Å²) in [5, 5.41) is -0.519. The number of nitrogens with zero attached hydrogens (tertiary/aromatic N) is 1. The van der Waals surface area contributed by atoms with E-state index in [2.05, 4.69) is 4.98 Å². The fourth-order valence-electron chi connectivity index (χ4n) is 0.996. The summed E-state index contributed by atoms with van der Waals surface area (Å²) in [6.45, 7) is 1.96. The van der Waals surface area contributed by atoms with Crippen molar-refractivity contribution in [1.29, 1.82) is 0 Å². The van der Waals surface area contributed by atoms with E-state index in [0.717, 1.165) is 12.1 Å². The predicted octanol–water partition coefficient (Wildman–Crippen LogP) is 2.03. The minimum Gasteiger partial charge on any atom is -0.494 e. The van der Waals surface area contributed by atoms with E-state index in [0.29, 0.717) is 11.3 Å². The Morgan fingerprint density at radius 3 is 2.85 bits per heavy atom. The Balaban J connectivity index is 3.18. The number of pyridine rings is 1. The third-order valence-electron chi connectivity index (χ3n) is 1.72. The zero-order chi connectivity index (χ0) is 9.84. The molecule has 0 unspecified atom stereocenters. The van der Waals surface area contributed by atoms with Crippen LogP contribution < -0.4 is 4.74 Å². The molecular weight excluding hydrogens is 190 g/mol. The molecule has 0 aromatic carbocycles. The number of aryl methyl sites for hydroxylation is 1. The highest BCUT2D eigenvalue weighted by Crippen LogP contribution is 2.19. The summed E-state index contributed by atoms with van der Waals surface area (Å²) in [5.74, 6) is 0.414. The molecule has 13 heavy (non-hydrogen) atoms. The van der Waals surface area contributed by atoms with Crippen molar-refractivity contribution in [3.63, 3.8) is 0 Å². The lowest BCUT2D eigenvalue weighted by Gasteiger charge is -2.05. The molecule has 0 fully saturated rings. The molecule has 4 heteroatoms. The van der Waals surface area contributed by atoms with Crippen LogP contribution in [0.2, 0.25) is 0 Å². The molecule has 3 nitrogen and oxygen atoms in total. The van der Waals surface area contributed by atoms with Crippen molar-refractivity contribution in [2.75, 3.05) is 7.11 Å². The van der Waals surface area contributed by atoms with Crippen molar-refractivity contribution in [2.45, 2.75) is 13.3 Å². The molecule has 1 aromatic rings. The summed E-state index contributed by atoms with van der Waals surface area (Å²) >= 11 is 5.37. The van der Waals surface area contributed by atoms with E-state index in [1.54, 1.807) is 6.07 Å². The standard InChI is InChI=1S/C9H10ClNO2/c1-3-6-4-7(9(10)12)8(13-2)5-11-6/h4-5H,3H2,1-2H3. The maximum absolute atomic E-state index is 11.0. The Labute approximate surface area is 81.7 Å². The number of rotatable bonds is 3. The molecule has 0 spiro atoms. The summed E-state index contributed by atoms with van der Waals surface area (Å²) in [6.07, 6.45) is 2.27. The second-order valence-electron chi connectivity index (χ2n) is 2.50. The van der Waals surface area contributed by atoms with Gasteiger partial charge >= 0.3 is 0 Å². The molecule has 0 atom stereocenters. The van der Waals surface area contributed by atoms with Gasteiger partial charge in [-0.15, -0.1) is 0 Å². The highest BCUT2D eigenvalue weighted by atomic mass is 35.5. The number of ether oxygens (including phenoxy) is 1. The Hall–Kier alpha value is -1.09. The first-order valence-corrected chi connectivity index (χ1v) is 4.29. The van der Waals surface area contributed by atoms with Gasteiger partial charge in [-0.1, -0.05) is 6.92 Å². The second kappa shape index (κ2) is 4.23. The van der Waals surface area contributed by atoms with E-state index in [9.17, 15) is 4.79 Å². The lowest BCUT2D eigenvalue weighted by Crippen LogP contribution is -1.99. The first-order valence-electron chi connectivity index (χ1n) is 3.91. The van der Waals surface area contributed by atoms with Crippen molar-refractivity contribution >= 4 is 16.8 Å². The van der Waals surface area contributed by atoms with Gasteiger partial charge in [0.15, 0.2) is 0 Å². The van der Waals surface area contributed by atoms with Gasteiger partial charge in [0.05, 0.1) is 18.9 Å². The van der Waals surface area contributed by atoms with E-state index >= 15 is 0 Å². The Morgan fingerprint density at radius 2 is 2.38 bits per heavy atom. The van der Waals surface area contributed by atoms with Crippen LogP contribution in [-0.2, 0) is 6.42 Å². The Kier molecular flexibility index (Phi) is 3.25. The van der Waals surface area contributed by atoms with Crippen LogP contribution in [0.1, 0.15) is 23.0 Å². The summed E-state index contributed by atoms with van der Waals surface area (Å²) in [4.78, 5) is 15.0. The number of hydrogen-bond acceptors (Lipinski definition) is 3. The van der Waals surface area contributed by atoms with Crippen LogP contribution in [0.4, 0.5) is 0 Å². The van der Waals surface area contributed by atoms with E-state index in [-0.39, 0.29) is 0 Å². The highest BCUT2D eigenvalue weighted by Gasteiger charge is 2.10. The molecule has 70 valence electrons. The molecule has 0 saturated heterocycles. The number of carbonyl (C=O) groups is 1. The van der Waals surface area contributed by atoms with Crippen LogP contribution in [0.15, 0.2) is 12.3 Å². The van der Waals surface area contributed by atoms with E-state index in [1.165, 1.54) is 13.3 Å². The Morgan fingerprint density at radius 1 is 1.69 bits per heavy atom. The summed E-state index contributed by atoms with van der Waals surface area (Å²) < 4.78 is 4.94. The lowest BCUT2D eigenvalue weighted by molar-refractivity contribution is 0.107. The topological polar surface area (TPSA) is 39.2 Å². The first-order chi connectivity index (χ1) is 6.19. The predicted molar refractivity (Wildman–Crippen MR) is 50.4 cm³/mol. The van der Waals surface area contributed by atoms with Crippen LogP contribution in [0.3, 0.4) is 0 Å². The molecule has 0 amide bonds. The Bertz CT molecular complexity index is 325. The second-order valence-corrected chi connectivity index (χ2v) is 2.85. The average Bonchev–Trinajstić information content (AvgIpc) is 2.16. The monoisotopic (exact) mass is 199 g/mol. The molecule has 0 aliphatic carbocycles. The van der Waals surface area contributed by atoms with Gasteiger partial charge in [0, 0.05) is 5.69 Å². The SMILES string of the molecule is CCc1cc(C(=O)Cl)c(OC)cn1. The van der Waals surface area contributed by atoms with Crippen molar-refractivity contribution in [2.24, 2.45) is 0 Å².